The highest BCUT2D eigenvalue weighted by molar-refractivity contribution is 8.01. The molecule has 3 aromatic carbocycles. The third-order valence-electron chi connectivity index (χ3n) is 4.35. The van der Waals surface area contributed by atoms with Crippen LogP contribution in [0.25, 0.3) is 10.8 Å². The highest BCUT2D eigenvalue weighted by atomic mass is 32.2. The highest BCUT2D eigenvalue weighted by Crippen LogP contribution is 2.27. The van der Waals surface area contributed by atoms with Crippen molar-refractivity contribution < 1.29 is 14.3 Å². The lowest BCUT2D eigenvalue weighted by molar-refractivity contribution is -0.113. The van der Waals surface area contributed by atoms with Crippen molar-refractivity contribution in [2.45, 2.75) is 4.34 Å². The van der Waals surface area contributed by atoms with Crippen molar-refractivity contribution in [1.29, 1.82) is 0 Å². The number of thioether (sulfide) groups is 1. The van der Waals surface area contributed by atoms with Gasteiger partial charge in [0.05, 0.1) is 12.9 Å². The van der Waals surface area contributed by atoms with Gasteiger partial charge in [0, 0.05) is 16.6 Å². The average Bonchev–Trinajstić information content (AvgIpc) is 3.25. The van der Waals surface area contributed by atoms with Gasteiger partial charge >= 0.3 is 0 Å². The molecule has 1 heterocycles. The topological polar surface area (TPSA) is 93.2 Å². The van der Waals surface area contributed by atoms with E-state index in [1.54, 1.807) is 31.4 Å². The number of hydrogen-bond acceptors (Lipinski definition) is 7. The molecule has 2 amide bonds. The van der Waals surface area contributed by atoms with E-state index < -0.39 is 0 Å². The van der Waals surface area contributed by atoms with Crippen LogP contribution in [-0.2, 0) is 4.79 Å². The summed E-state index contributed by atoms with van der Waals surface area (Å²) in [7, 11) is 1.54. The van der Waals surface area contributed by atoms with Gasteiger partial charge in [-0.15, -0.1) is 10.2 Å². The zero-order valence-electron chi connectivity index (χ0n) is 16.5. The number of methoxy groups -OCH3 is 1. The maximum atomic E-state index is 12.4. The van der Waals surface area contributed by atoms with Crippen molar-refractivity contribution >= 4 is 56.5 Å². The molecule has 0 radical (unpaired) electrons. The summed E-state index contributed by atoms with van der Waals surface area (Å²) in [5.41, 5.74) is 1.23. The number of amides is 2. The number of carbonyl (C=O) groups excluding carboxylic acids is 2. The molecule has 156 valence electrons. The van der Waals surface area contributed by atoms with Gasteiger partial charge in [-0.3, -0.25) is 14.9 Å². The molecule has 4 rings (SSSR count). The SMILES string of the molecule is COc1cccc(C(=O)Nc2nnc(SCC(=O)Nc3cccc4ccccc34)s2)c1. The van der Waals surface area contributed by atoms with Crippen LogP contribution in [0.3, 0.4) is 0 Å². The van der Waals surface area contributed by atoms with Crippen LogP contribution in [0, 0.1) is 0 Å². The number of fused-ring (bicyclic) bond motifs is 1. The summed E-state index contributed by atoms with van der Waals surface area (Å²) < 4.78 is 5.73. The molecule has 0 aliphatic heterocycles. The Bertz CT molecular complexity index is 1240. The number of anilines is 2. The number of nitrogens with zero attached hydrogens (tertiary/aromatic N) is 2. The molecule has 0 saturated carbocycles. The van der Waals surface area contributed by atoms with E-state index in [4.69, 9.17) is 4.74 Å². The summed E-state index contributed by atoms with van der Waals surface area (Å²) in [5.74, 6) is 0.332. The Hall–Kier alpha value is -3.43. The Labute approximate surface area is 186 Å². The van der Waals surface area contributed by atoms with E-state index in [0.717, 1.165) is 16.5 Å². The van der Waals surface area contributed by atoms with Gasteiger partial charge < -0.3 is 10.1 Å². The smallest absolute Gasteiger partial charge is 0.257 e. The van der Waals surface area contributed by atoms with E-state index in [0.29, 0.717) is 20.8 Å². The zero-order valence-corrected chi connectivity index (χ0v) is 18.1. The van der Waals surface area contributed by atoms with Crippen molar-refractivity contribution in [2.75, 3.05) is 23.5 Å². The lowest BCUT2D eigenvalue weighted by Crippen LogP contribution is -2.14. The predicted octanol–water partition coefficient (Wildman–Crippen LogP) is 4.68. The second-order valence-electron chi connectivity index (χ2n) is 6.42. The van der Waals surface area contributed by atoms with E-state index in [1.807, 2.05) is 42.5 Å². The molecule has 0 atom stereocenters. The number of carbonyl (C=O) groups is 2. The van der Waals surface area contributed by atoms with Crippen LogP contribution in [-0.4, -0.2) is 34.9 Å². The van der Waals surface area contributed by atoms with Gasteiger partial charge in [-0.05, 0) is 29.7 Å². The van der Waals surface area contributed by atoms with Crippen LogP contribution in [0.15, 0.2) is 71.1 Å². The molecule has 1 aromatic heterocycles. The molecule has 0 bridgehead atoms. The third-order valence-corrected chi connectivity index (χ3v) is 6.32. The standard InChI is InChI=1S/C22H18N4O3S2/c1-29-16-9-4-8-15(12-16)20(28)24-21-25-26-22(31-21)30-13-19(27)23-18-11-5-7-14-6-2-3-10-17(14)18/h2-12H,13H2,1H3,(H,23,27)(H,24,25,28). The number of hydrogen-bond donors (Lipinski definition) is 2. The van der Waals surface area contributed by atoms with Gasteiger partial charge in [0.15, 0.2) is 4.34 Å². The quantitative estimate of drug-likeness (QED) is 0.314. The van der Waals surface area contributed by atoms with E-state index >= 15 is 0 Å². The summed E-state index contributed by atoms with van der Waals surface area (Å²) >= 11 is 2.48. The normalized spacial score (nSPS) is 10.6. The largest absolute Gasteiger partial charge is 0.497 e. The fourth-order valence-electron chi connectivity index (χ4n) is 2.90. The molecule has 0 aliphatic carbocycles. The predicted molar refractivity (Wildman–Crippen MR) is 124 cm³/mol. The molecule has 7 nitrogen and oxygen atoms in total. The maximum absolute atomic E-state index is 12.4. The van der Waals surface area contributed by atoms with Gasteiger partial charge in [0.1, 0.15) is 5.75 Å². The zero-order chi connectivity index (χ0) is 21.6. The first-order valence-corrected chi connectivity index (χ1v) is 11.1. The molecule has 4 aromatic rings. The van der Waals surface area contributed by atoms with Crippen LogP contribution in [0.5, 0.6) is 5.75 Å². The van der Waals surface area contributed by atoms with Gasteiger partial charge in [-0.1, -0.05) is 65.6 Å². The van der Waals surface area contributed by atoms with Crippen LogP contribution < -0.4 is 15.4 Å². The maximum Gasteiger partial charge on any atom is 0.257 e. The Balaban J connectivity index is 1.33. The number of benzene rings is 3. The minimum atomic E-state index is -0.305. The minimum absolute atomic E-state index is 0.140. The number of rotatable bonds is 7. The van der Waals surface area contributed by atoms with Gasteiger partial charge in [0.25, 0.3) is 5.91 Å². The van der Waals surface area contributed by atoms with Gasteiger partial charge in [-0.2, -0.15) is 0 Å². The summed E-state index contributed by atoms with van der Waals surface area (Å²) in [4.78, 5) is 24.8. The van der Waals surface area contributed by atoms with Crippen molar-refractivity contribution in [2.24, 2.45) is 0 Å². The molecular formula is C22H18N4O3S2. The summed E-state index contributed by atoms with van der Waals surface area (Å²) in [6, 6.07) is 20.5. The first kappa shape index (κ1) is 20.8. The fraction of sp³-hybridized carbons (Fsp3) is 0.0909. The number of nitrogens with one attached hydrogen (secondary N) is 2. The molecule has 0 fully saturated rings. The van der Waals surface area contributed by atoms with E-state index in [2.05, 4.69) is 20.8 Å². The molecule has 9 heteroatoms. The molecule has 0 unspecified atom stereocenters. The van der Waals surface area contributed by atoms with E-state index in [1.165, 1.54) is 23.1 Å². The molecule has 2 N–H and O–H groups in total. The lowest BCUT2D eigenvalue weighted by Gasteiger charge is -2.08. The first-order chi connectivity index (χ1) is 15.1. The number of aromatic nitrogens is 2. The van der Waals surface area contributed by atoms with Crippen molar-refractivity contribution in [3.8, 4) is 5.75 Å². The molecule has 31 heavy (non-hydrogen) atoms. The van der Waals surface area contributed by atoms with Gasteiger partial charge in [-0.25, -0.2) is 0 Å². The summed E-state index contributed by atoms with van der Waals surface area (Å²) in [6.45, 7) is 0. The van der Waals surface area contributed by atoms with E-state index in [-0.39, 0.29) is 17.6 Å². The van der Waals surface area contributed by atoms with E-state index in [9.17, 15) is 9.59 Å². The Morgan fingerprint density at radius 2 is 1.81 bits per heavy atom. The highest BCUT2D eigenvalue weighted by Gasteiger charge is 2.13. The Morgan fingerprint density at radius 3 is 2.68 bits per heavy atom. The fourth-order valence-corrected chi connectivity index (χ4v) is 4.45. The van der Waals surface area contributed by atoms with Crippen molar-refractivity contribution in [3.05, 3.63) is 72.3 Å². The van der Waals surface area contributed by atoms with Crippen LogP contribution in [0.2, 0.25) is 0 Å². The Kier molecular flexibility index (Phi) is 6.44. The van der Waals surface area contributed by atoms with Crippen LogP contribution >= 0.6 is 23.1 Å². The second-order valence-corrected chi connectivity index (χ2v) is 8.62. The molecule has 0 aliphatic rings. The molecule has 0 spiro atoms. The lowest BCUT2D eigenvalue weighted by atomic mass is 10.1. The third kappa shape index (κ3) is 5.19. The monoisotopic (exact) mass is 450 g/mol. The first-order valence-electron chi connectivity index (χ1n) is 9.32. The van der Waals surface area contributed by atoms with Gasteiger partial charge in [0.2, 0.25) is 11.0 Å². The van der Waals surface area contributed by atoms with Crippen molar-refractivity contribution in [3.63, 3.8) is 0 Å². The summed E-state index contributed by atoms with van der Waals surface area (Å²) in [6.07, 6.45) is 0. The average molecular weight is 451 g/mol. The van der Waals surface area contributed by atoms with Crippen LogP contribution in [0.4, 0.5) is 10.8 Å². The second kappa shape index (κ2) is 9.59. The van der Waals surface area contributed by atoms with Crippen molar-refractivity contribution in [1.82, 2.24) is 10.2 Å². The molecular weight excluding hydrogens is 432 g/mol. The van der Waals surface area contributed by atoms with Crippen LogP contribution in [0.1, 0.15) is 10.4 Å². The minimum Gasteiger partial charge on any atom is -0.497 e. The Morgan fingerprint density at radius 1 is 1.00 bits per heavy atom. The summed E-state index contributed by atoms with van der Waals surface area (Å²) in [5, 5.41) is 16.1. The number of ether oxygens (including phenoxy) is 1. The molecule has 0 saturated heterocycles.